The average molecular weight is 329 g/mol. The summed E-state index contributed by atoms with van der Waals surface area (Å²) < 4.78 is 40.9. The standard InChI is InChI=1S/C11H10BrClF3N/c1-11(3-2-4-17-11)5-6(12)9(15)7(13)10(16)8(5)14/h17H,2-4H2,1H3. The third kappa shape index (κ3) is 1.98. The van der Waals surface area contributed by atoms with E-state index in [0.717, 1.165) is 6.42 Å². The Bertz CT molecular complexity index is 443. The van der Waals surface area contributed by atoms with Gasteiger partial charge in [0.05, 0.1) is 4.47 Å². The van der Waals surface area contributed by atoms with Gasteiger partial charge in [0.25, 0.3) is 0 Å². The van der Waals surface area contributed by atoms with Crippen LogP contribution < -0.4 is 5.32 Å². The Morgan fingerprint density at radius 2 is 1.88 bits per heavy atom. The van der Waals surface area contributed by atoms with Gasteiger partial charge in [0.15, 0.2) is 17.5 Å². The van der Waals surface area contributed by atoms with E-state index in [4.69, 9.17) is 11.6 Å². The van der Waals surface area contributed by atoms with Crippen molar-refractivity contribution in [1.82, 2.24) is 5.32 Å². The van der Waals surface area contributed by atoms with Crippen LogP contribution in [0.5, 0.6) is 0 Å². The maximum Gasteiger partial charge on any atom is 0.180 e. The highest BCUT2D eigenvalue weighted by Gasteiger charge is 2.38. The van der Waals surface area contributed by atoms with Crippen LogP contribution >= 0.6 is 27.5 Å². The molecule has 1 aromatic carbocycles. The Kier molecular flexibility index (Phi) is 3.45. The lowest BCUT2D eigenvalue weighted by molar-refractivity contribution is 0.386. The molecule has 1 nitrogen and oxygen atoms in total. The molecule has 0 saturated carbocycles. The van der Waals surface area contributed by atoms with Crippen molar-refractivity contribution in [2.75, 3.05) is 6.54 Å². The third-order valence-electron chi connectivity index (χ3n) is 3.13. The van der Waals surface area contributed by atoms with E-state index in [9.17, 15) is 13.2 Å². The van der Waals surface area contributed by atoms with Crippen molar-refractivity contribution in [2.24, 2.45) is 0 Å². The maximum absolute atomic E-state index is 13.9. The van der Waals surface area contributed by atoms with Crippen LogP contribution in [0.4, 0.5) is 13.2 Å². The minimum atomic E-state index is -1.34. The Balaban J connectivity index is 2.69. The maximum atomic E-state index is 13.9. The Labute approximate surface area is 110 Å². The number of halogens is 5. The van der Waals surface area contributed by atoms with Gasteiger partial charge in [-0.3, -0.25) is 0 Å². The highest BCUT2D eigenvalue weighted by Crippen LogP contribution is 2.41. The summed E-state index contributed by atoms with van der Waals surface area (Å²) in [6, 6.07) is 0. The molecule has 1 unspecified atom stereocenters. The first kappa shape index (κ1) is 13.2. The van der Waals surface area contributed by atoms with Gasteiger partial charge in [-0.15, -0.1) is 0 Å². The van der Waals surface area contributed by atoms with Crippen molar-refractivity contribution in [1.29, 1.82) is 0 Å². The molecular weight excluding hydrogens is 318 g/mol. The van der Waals surface area contributed by atoms with Crippen LogP contribution in [-0.4, -0.2) is 6.54 Å². The van der Waals surface area contributed by atoms with Gasteiger partial charge < -0.3 is 5.32 Å². The molecule has 0 aliphatic carbocycles. The summed E-state index contributed by atoms with van der Waals surface area (Å²) in [5.41, 5.74) is -0.802. The molecule has 0 spiro atoms. The SMILES string of the molecule is CC1(c2c(F)c(F)c(Cl)c(F)c2Br)CCCN1. The summed E-state index contributed by atoms with van der Waals surface area (Å²) in [5, 5.41) is 2.24. The van der Waals surface area contributed by atoms with E-state index in [1.54, 1.807) is 6.92 Å². The lowest BCUT2D eigenvalue weighted by Gasteiger charge is -2.27. The van der Waals surface area contributed by atoms with Crippen molar-refractivity contribution in [3.8, 4) is 0 Å². The largest absolute Gasteiger partial charge is 0.307 e. The van der Waals surface area contributed by atoms with E-state index in [2.05, 4.69) is 21.2 Å². The minimum Gasteiger partial charge on any atom is -0.307 e. The fourth-order valence-electron chi connectivity index (χ4n) is 2.20. The van der Waals surface area contributed by atoms with Crippen molar-refractivity contribution in [3.05, 3.63) is 32.5 Å². The van der Waals surface area contributed by atoms with Gasteiger partial charge in [0, 0.05) is 11.1 Å². The van der Waals surface area contributed by atoms with Crippen LogP contribution in [0.3, 0.4) is 0 Å². The quantitative estimate of drug-likeness (QED) is 0.604. The monoisotopic (exact) mass is 327 g/mol. The molecule has 1 N–H and O–H groups in total. The van der Waals surface area contributed by atoms with Crippen LogP contribution in [-0.2, 0) is 5.54 Å². The van der Waals surface area contributed by atoms with E-state index >= 15 is 0 Å². The number of rotatable bonds is 1. The predicted octanol–water partition coefficient (Wildman–Crippen LogP) is 4.12. The van der Waals surface area contributed by atoms with Gasteiger partial charge in [0.2, 0.25) is 0 Å². The second kappa shape index (κ2) is 4.44. The predicted molar refractivity (Wildman–Crippen MR) is 63.6 cm³/mol. The summed E-state index contributed by atoms with van der Waals surface area (Å²) >= 11 is 8.33. The second-order valence-corrected chi connectivity index (χ2v) is 5.48. The Morgan fingerprint density at radius 3 is 2.41 bits per heavy atom. The summed E-state index contributed by atoms with van der Waals surface area (Å²) in [6.45, 7) is 2.41. The van der Waals surface area contributed by atoms with Crippen molar-refractivity contribution in [3.63, 3.8) is 0 Å². The van der Waals surface area contributed by atoms with Crippen LogP contribution in [0.1, 0.15) is 25.3 Å². The fraction of sp³-hybridized carbons (Fsp3) is 0.455. The summed E-state index contributed by atoms with van der Waals surface area (Å²) in [4.78, 5) is 0. The lowest BCUT2D eigenvalue weighted by atomic mass is 9.90. The molecule has 2 rings (SSSR count). The van der Waals surface area contributed by atoms with Gasteiger partial charge in [0.1, 0.15) is 5.02 Å². The molecule has 17 heavy (non-hydrogen) atoms. The third-order valence-corrected chi connectivity index (χ3v) is 4.21. The van der Waals surface area contributed by atoms with E-state index in [-0.39, 0.29) is 10.0 Å². The highest BCUT2D eigenvalue weighted by molar-refractivity contribution is 9.10. The first-order valence-corrected chi connectivity index (χ1v) is 6.32. The second-order valence-electron chi connectivity index (χ2n) is 4.31. The van der Waals surface area contributed by atoms with Crippen LogP contribution in [0.25, 0.3) is 0 Å². The van der Waals surface area contributed by atoms with Crippen LogP contribution in [0.2, 0.25) is 5.02 Å². The molecule has 1 aliphatic heterocycles. The molecule has 94 valence electrons. The lowest BCUT2D eigenvalue weighted by Crippen LogP contribution is -2.35. The molecule has 0 radical (unpaired) electrons. The van der Waals surface area contributed by atoms with E-state index in [0.29, 0.717) is 13.0 Å². The van der Waals surface area contributed by atoms with Gasteiger partial charge in [-0.05, 0) is 42.2 Å². The van der Waals surface area contributed by atoms with E-state index < -0.39 is 28.0 Å². The minimum absolute atomic E-state index is 0.0330. The molecule has 1 fully saturated rings. The zero-order valence-electron chi connectivity index (χ0n) is 9.01. The normalized spacial score (nSPS) is 24.4. The van der Waals surface area contributed by atoms with E-state index in [1.807, 2.05) is 0 Å². The van der Waals surface area contributed by atoms with Gasteiger partial charge in [-0.2, -0.15) is 0 Å². The number of hydrogen-bond acceptors (Lipinski definition) is 1. The van der Waals surface area contributed by atoms with Crippen LogP contribution in [0, 0.1) is 17.5 Å². The van der Waals surface area contributed by atoms with E-state index in [1.165, 1.54) is 0 Å². The van der Waals surface area contributed by atoms with Crippen molar-refractivity contribution in [2.45, 2.75) is 25.3 Å². The van der Waals surface area contributed by atoms with Crippen LogP contribution in [0.15, 0.2) is 4.47 Å². The topological polar surface area (TPSA) is 12.0 Å². The smallest absolute Gasteiger partial charge is 0.180 e. The molecule has 1 heterocycles. The molecule has 0 amide bonds. The average Bonchev–Trinajstić information content (AvgIpc) is 2.71. The number of nitrogens with one attached hydrogen (secondary N) is 1. The summed E-state index contributed by atoms with van der Waals surface area (Å²) in [7, 11) is 0. The first-order valence-electron chi connectivity index (χ1n) is 5.15. The summed E-state index contributed by atoms with van der Waals surface area (Å²) in [5.74, 6) is -3.40. The van der Waals surface area contributed by atoms with Crippen molar-refractivity contribution >= 4 is 27.5 Å². The van der Waals surface area contributed by atoms with Gasteiger partial charge >= 0.3 is 0 Å². The molecule has 0 aromatic heterocycles. The number of benzene rings is 1. The summed E-state index contributed by atoms with van der Waals surface area (Å²) in [6.07, 6.45) is 1.44. The fourth-order valence-corrected chi connectivity index (χ4v) is 3.30. The Hall–Kier alpha value is -0.260. The Morgan fingerprint density at radius 1 is 1.24 bits per heavy atom. The molecule has 6 heteroatoms. The molecule has 1 saturated heterocycles. The first-order chi connectivity index (χ1) is 7.88. The molecule has 1 aromatic rings. The zero-order valence-corrected chi connectivity index (χ0v) is 11.4. The zero-order chi connectivity index (χ0) is 12.8. The molecule has 1 aliphatic rings. The molecular formula is C11H10BrClF3N. The van der Waals surface area contributed by atoms with Gasteiger partial charge in [-0.1, -0.05) is 11.6 Å². The molecule has 0 bridgehead atoms. The van der Waals surface area contributed by atoms with Crippen molar-refractivity contribution < 1.29 is 13.2 Å². The highest BCUT2D eigenvalue weighted by atomic mass is 79.9. The number of hydrogen-bond donors (Lipinski definition) is 1. The van der Waals surface area contributed by atoms with Gasteiger partial charge in [-0.25, -0.2) is 13.2 Å². The molecule has 1 atom stereocenters.